The minimum atomic E-state index is 0.502. The van der Waals surface area contributed by atoms with Crippen molar-refractivity contribution < 1.29 is 0 Å². The molecular weight excluding hydrogens is 198 g/mol. The molecule has 0 fully saturated rings. The predicted molar refractivity (Wildman–Crippen MR) is 58.1 cm³/mol. The van der Waals surface area contributed by atoms with E-state index in [9.17, 15) is 0 Å². The van der Waals surface area contributed by atoms with Crippen molar-refractivity contribution in [2.75, 3.05) is 5.73 Å². The zero-order chi connectivity index (χ0) is 10.1. The summed E-state index contributed by atoms with van der Waals surface area (Å²) in [7, 11) is 1.89. The van der Waals surface area contributed by atoms with Crippen molar-refractivity contribution in [3.05, 3.63) is 35.5 Å². The van der Waals surface area contributed by atoms with Crippen molar-refractivity contribution in [3.63, 3.8) is 0 Å². The number of rotatable bonds is 1. The third-order valence-corrected chi connectivity index (χ3v) is 2.34. The molecule has 4 heteroatoms. The maximum atomic E-state index is 6.05. The van der Waals surface area contributed by atoms with Gasteiger partial charge in [-0.3, -0.25) is 0 Å². The first kappa shape index (κ1) is 9.09. The van der Waals surface area contributed by atoms with Crippen LogP contribution in [0.3, 0.4) is 0 Å². The Hall–Kier alpha value is -1.48. The summed E-state index contributed by atoms with van der Waals surface area (Å²) in [4.78, 5) is 4.20. The molecule has 0 radical (unpaired) electrons. The summed E-state index contributed by atoms with van der Waals surface area (Å²) >= 11 is 6.05. The number of nitrogens with zero attached hydrogens (tertiary/aromatic N) is 2. The first-order chi connectivity index (χ1) is 6.68. The summed E-state index contributed by atoms with van der Waals surface area (Å²) in [5, 5.41) is 0.682. The van der Waals surface area contributed by atoms with Crippen LogP contribution in [0.2, 0.25) is 5.02 Å². The summed E-state index contributed by atoms with van der Waals surface area (Å²) in [6, 6.07) is 7.57. The number of aromatic nitrogens is 2. The van der Waals surface area contributed by atoms with E-state index in [2.05, 4.69) is 4.98 Å². The maximum Gasteiger partial charge on any atom is 0.143 e. The molecule has 0 bridgehead atoms. The molecule has 72 valence electrons. The molecule has 2 N–H and O–H groups in total. The minimum absolute atomic E-state index is 0.502. The zero-order valence-corrected chi connectivity index (χ0v) is 8.49. The molecule has 0 aliphatic heterocycles. The number of nitrogen functional groups attached to an aromatic ring is 1. The van der Waals surface area contributed by atoms with E-state index in [0.717, 1.165) is 11.4 Å². The van der Waals surface area contributed by atoms with Gasteiger partial charge in [-0.1, -0.05) is 23.7 Å². The van der Waals surface area contributed by atoms with Crippen molar-refractivity contribution in [2.45, 2.75) is 0 Å². The smallest absolute Gasteiger partial charge is 0.143 e. The Morgan fingerprint density at radius 2 is 2.07 bits per heavy atom. The molecule has 0 amide bonds. The highest BCUT2D eigenvalue weighted by Crippen LogP contribution is 2.26. The molecule has 0 atom stereocenters. The van der Waals surface area contributed by atoms with E-state index in [1.807, 2.05) is 35.9 Å². The summed E-state index contributed by atoms with van der Waals surface area (Å²) < 4.78 is 1.86. The van der Waals surface area contributed by atoms with Gasteiger partial charge in [0.2, 0.25) is 0 Å². The minimum Gasteiger partial charge on any atom is -0.382 e. The number of anilines is 1. The highest BCUT2D eigenvalue weighted by Gasteiger charge is 2.08. The van der Waals surface area contributed by atoms with Gasteiger partial charge in [0.25, 0.3) is 0 Å². The lowest BCUT2D eigenvalue weighted by Crippen LogP contribution is -1.91. The SMILES string of the molecule is Cn1cc(N)nc1-c1ccccc1Cl. The third kappa shape index (κ3) is 1.46. The molecular formula is C10H10ClN3. The number of nitrogens with two attached hydrogens (primary N) is 1. The van der Waals surface area contributed by atoms with Crippen molar-refractivity contribution in [1.29, 1.82) is 0 Å². The van der Waals surface area contributed by atoms with Gasteiger partial charge in [0, 0.05) is 18.8 Å². The Balaban J connectivity index is 2.60. The highest BCUT2D eigenvalue weighted by molar-refractivity contribution is 6.33. The second-order valence-corrected chi connectivity index (χ2v) is 3.49. The van der Waals surface area contributed by atoms with Crippen LogP contribution in [0.25, 0.3) is 11.4 Å². The Labute approximate surface area is 87.1 Å². The van der Waals surface area contributed by atoms with Gasteiger partial charge in [-0.15, -0.1) is 0 Å². The van der Waals surface area contributed by atoms with Crippen LogP contribution in [0.5, 0.6) is 0 Å². The van der Waals surface area contributed by atoms with Gasteiger partial charge in [-0.2, -0.15) is 0 Å². The lowest BCUT2D eigenvalue weighted by molar-refractivity contribution is 0.925. The Bertz CT molecular complexity index is 462. The third-order valence-electron chi connectivity index (χ3n) is 2.01. The standard InChI is InChI=1S/C10H10ClN3/c1-14-6-9(12)13-10(14)7-4-2-3-5-8(7)11/h2-6H,12H2,1H3. The average Bonchev–Trinajstić information content (AvgIpc) is 2.46. The topological polar surface area (TPSA) is 43.8 Å². The summed E-state index contributed by atoms with van der Waals surface area (Å²) in [6.45, 7) is 0. The van der Waals surface area contributed by atoms with Crippen LogP contribution < -0.4 is 5.73 Å². The molecule has 1 aromatic heterocycles. The maximum absolute atomic E-state index is 6.05. The molecule has 0 aliphatic rings. The monoisotopic (exact) mass is 207 g/mol. The number of aryl methyl sites for hydroxylation is 1. The van der Waals surface area contributed by atoms with Crippen LogP contribution in [0.15, 0.2) is 30.5 Å². The first-order valence-electron chi connectivity index (χ1n) is 4.22. The van der Waals surface area contributed by atoms with Crippen LogP contribution >= 0.6 is 11.6 Å². The number of hydrogen-bond donors (Lipinski definition) is 1. The Morgan fingerprint density at radius 1 is 1.36 bits per heavy atom. The second-order valence-electron chi connectivity index (χ2n) is 3.08. The van der Waals surface area contributed by atoms with Gasteiger partial charge in [-0.25, -0.2) is 4.98 Å². The highest BCUT2D eigenvalue weighted by atomic mass is 35.5. The van der Waals surface area contributed by atoms with Gasteiger partial charge in [0.1, 0.15) is 11.6 Å². The lowest BCUT2D eigenvalue weighted by Gasteiger charge is -2.02. The van der Waals surface area contributed by atoms with E-state index in [1.165, 1.54) is 0 Å². The molecule has 0 saturated carbocycles. The molecule has 2 rings (SSSR count). The van der Waals surface area contributed by atoms with Gasteiger partial charge in [0.05, 0.1) is 5.02 Å². The number of halogens is 1. The fourth-order valence-electron chi connectivity index (χ4n) is 1.38. The number of benzene rings is 1. The summed E-state index contributed by atoms with van der Waals surface area (Å²) in [5.41, 5.74) is 6.49. The largest absolute Gasteiger partial charge is 0.382 e. The predicted octanol–water partition coefficient (Wildman–Crippen LogP) is 2.32. The molecule has 14 heavy (non-hydrogen) atoms. The van der Waals surface area contributed by atoms with Gasteiger partial charge >= 0.3 is 0 Å². The van der Waals surface area contributed by atoms with E-state index < -0.39 is 0 Å². The lowest BCUT2D eigenvalue weighted by atomic mass is 10.2. The van der Waals surface area contributed by atoms with E-state index in [0.29, 0.717) is 10.8 Å². The molecule has 0 saturated heterocycles. The van der Waals surface area contributed by atoms with Crippen LogP contribution in [-0.4, -0.2) is 9.55 Å². The molecule has 1 heterocycles. The number of hydrogen-bond acceptors (Lipinski definition) is 2. The molecule has 0 unspecified atom stereocenters. The second kappa shape index (κ2) is 3.35. The fraction of sp³-hybridized carbons (Fsp3) is 0.100. The van der Waals surface area contributed by atoms with Gasteiger partial charge < -0.3 is 10.3 Å². The Kier molecular flexibility index (Phi) is 2.17. The van der Waals surface area contributed by atoms with Crippen molar-refractivity contribution in [2.24, 2.45) is 7.05 Å². The van der Waals surface area contributed by atoms with E-state index in [-0.39, 0.29) is 0 Å². The normalized spacial score (nSPS) is 10.4. The van der Waals surface area contributed by atoms with Crippen LogP contribution in [0.4, 0.5) is 5.82 Å². The molecule has 2 aromatic rings. The van der Waals surface area contributed by atoms with Crippen molar-refractivity contribution >= 4 is 17.4 Å². The van der Waals surface area contributed by atoms with Gasteiger partial charge in [-0.05, 0) is 12.1 Å². The average molecular weight is 208 g/mol. The molecule has 0 spiro atoms. The quantitative estimate of drug-likeness (QED) is 0.780. The molecule has 0 aliphatic carbocycles. The molecule has 3 nitrogen and oxygen atoms in total. The summed E-state index contributed by atoms with van der Waals surface area (Å²) in [6.07, 6.45) is 1.76. The molecule has 1 aromatic carbocycles. The van der Waals surface area contributed by atoms with E-state index >= 15 is 0 Å². The Morgan fingerprint density at radius 3 is 2.64 bits per heavy atom. The van der Waals surface area contributed by atoms with Crippen molar-refractivity contribution in [1.82, 2.24) is 9.55 Å². The van der Waals surface area contributed by atoms with Crippen LogP contribution in [0.1, 0.15) is 0 Å². The van der Waals surface area contributed by atoms with E-state index in [1.54, 1.807) is 6.20 Å². The van der Waals surface area contributed by atoms with Crippen LogP contribution in [0, 0.1) is 0 Å². The number of imidazole rings is 1. The van der Waals surface area contributed by atoms with Crippen molar-refractivity contribution in [3.8, 4) is 11.4 Å². The fourth-order valence-corrected chi connectivity index (χ4v) is 1.60. The van der Waals surface area contributed by atoms with Gasteiger partial charge in [0.15, 0.2) is 0 Å². The zero-order valence-electron chi connectivity index (χ0n) is 7.74. The van der Waals surface area contributed by atoms with E-state index in [4.69, 9.17) is 17.3 Å². The first-order valence-corrected chi connectivity index (χ1v) is 4.60. The van der Waals surface area contributed by atoms with Crippen LogP contribution in [-0.2, 0) is 7.05 Å². The summed E-state index contributed by atoms with van der Waals surface area (Å²) in [5.74, 6) is 1.29.